The van der Waals surface area contributed by atoms with Crippen LogP contribution >= 0.6 is 0 Å². The molecule has 1 saturated carbocycles. The monoisotopic (exact) mass is 300 g/mol. The number of aryl methyl sites for hydroxylation is 1. The second kappa shape index (κ2) is 6.57. The van der Waals surface area contributed by atoms with Crippen LogP contribution in [0.3, 0.4) is 0 Å². The van der Waals surface area contributed by atoms with E-state index in [1.807, 2.05) is 0 Å². The number of hydrogen-bond donors (Lipinski definition) is 1. The number of ether oxygens (including phenoxy) is 2. The van der Waals surface area contributed by atoms with Crippen molar-refractivity contribution < 1.29 is 14.6 Å². The summed E-state index contributed by atoms with van der Waals surface area (Å²) in [6.07, 6.45) is 5.43. The van der Waals surface area contributed by atoms with E-state index >= 15 is 0 Å². The molecule has 2 aromatic carbocycles. The normalized spacial score (nSPS) is 14.9. The third-order valence-electron chi connectivity index (χ3n) is 4.72. The summed E-state index contributed by atoms with van der Waals surface area (Å²) >= 11 is 0. The Bertz CT molecular complexity index is 659. The van der Waals surface area contributed by atoms with Crippen LogP contribution in [0, 0.1) is 0 Å². The smallest absolute Gasteiger partial charge is 0.168 e. The molecule has 0 unspecified atom stereocenters. The second-order valence-electron chi connectivity index (χ2n) is 6.04. The molecule has 0 amide bonds. The van der Waals surface area contributed by atoms with Crippen molar-refractivity contribution >= 4 is 10.8 Å². The molecule has 3 rings (SSSR count). The summed E-state index contributed by atoms with van der Waals surface area (Å²) < 4.78 is 11.4. The predicted molar refractivity (Wildman–Crippen MR) is 89.1 cm³/mol. The number of fused-ring (bicyclic) bond motifs is 1. The Balaban J connectivity index is 2.12. The van der Waals surface area contributed by atoms with Crippen LogP contribution in [0.25, 0.3) is 10.8 Å². The van der Waals surface area contributed by atoms with Crippen molar-refractivity contribution in [1.29, 1.82) is 0 Å². The standard InChI is InChI=1S/C19H24O3/c1-21-18-16-11-13(5-4-10-20)8-9-15(16)12-17(19(18)22-2)14-6-3-7-14/h8-9,11-12,14,20H,3-7,10H2,1-2H3. The molecule has 1 fully saturated rings. The number of aliphatic hydroxyl groups is 1. The van der Waals surface area contributed by atoms with Crippen molar-refractivity contribution in [2.24, 2.45) is 0 Å². The van der Waals surface area contributed by atoms with Crippen LogP contribution in [0.2, 0.25) is 0 Å². The highest BCUT2D eigenvalue weighted by atomic mass is 16.5. The molecule has 0 aliphatic heterocycles. The maximum atomic E-state index is 9.01. The van der Waals surface area contributed by atoms with Crippen molar-refractivity contribution in [3.05, 3.63) is 35.4 Å². The first-order valence-corrected chi connectivity index (χ1v) is 8.07. The van der Waals surface area contributed by atoms with Crippen LogP contribution in [-0.4, -0.2) is 25.9 Å². The van der Waals surface area contributed by atoms with Crippen molar-refractivity contribution in [3.8, 4) is 11.5 Å². The van der Waals surface area contributed by atoms with E-state index in [-0.39, 0.29) is 6.61 Å². The van der Waals surface area contributed by atoms with E-state index in [0.29, 0.717) is 5.92 Å². The molecule has 0 spiro atoms. The predicted octanol–water partition coefficient (Wildman–Crippen LogP) is 4.05. The molecule has 3 nitrogen and oxygen atoms in total. The van der Waals surface area contributed by atoms with Gasteiger partial charge in [0.15, 0.2) is 11.5 Å². The van der Waals surface area contributed by atoms with E-state index in [9.17, 15) is 0 Å². The number of rotatable bonds is 6. The highest BCUT2D eigenvalue weighted by Gasteiger charge is 2.26. The molecule has 118 valence electrons. The number of benzene rings is 2. The molecule has 1 aliphatic carbocycles. The molecular weight excluding hydrogens is 276 g/mol. The molecule has 0 radical (unpaired) electrons. The molecule has 1 aliphatic rings. The second-order valence-corrected chi connectivity index (χ2v) is 6.04. The maximum Gasteiger partial charge on any atom is 0.168 e. The van der Waals surface area contributed by atoms with Gasteiger partial charge >= 0.3 is 0 Å². The van der Waals surface area contributed by atoms with E-state index in [4.69, 9.17) is 14.6 Å². The topological polar surface area (TPSA) is 38.7 Å². The van der Waals surface area contributed by atoms with Gasteiger partial charge in [-0.05, 0) is 54.7 Å². The van der Waals surface area contributed by atoms with Gasteiger partial charge in [-0.25, -0.2) is 0 Å². The lowest BCUT2D eigenvalue weighted by molar-refractivity contribution is 0.288. The van der Waals surface area contributed by atoms with Gasteiger partial charge < -0.3 is 14.6 Å². The molecule has 1 N–H and O–H groups in total. The highest BCUT2D eigenvalue weighted by molar-refractivity contribution is 5.92. The Morgan fingerprint density at radius 1 is 1.09 bits per heavy atom. The number of hydrogen-bond acceptors (Lipinski definition) is 3. The van der Waals surface area contributed by atoms with Crippen LogP contribution in [0.1, 0.15) is 42.7 Å². The zero-order valence-electron chi connectivity index (χ0n) is 13.4. The van der Waals surface area contributed by atoms with Gasteiger partial charge in [-0.2, -0.15) is 0 Å². The fourth-order valence-corrected chi connectivity index (χ4v) is 3.29. The minimum Gasteiger partial charge on any atom is -0.493 e. The van der Waals surface area contributed by atoms with Crippen LogP contribution < -0.4 is 9.47 Å². The Hall–Kier alpha value is -1.74. The molecule has 2 aromatic rings. The first kappa shape index (κ1) is 15.2. The number of aliphatic hydroxyl groups excluding tert-OH is 1. The van der Waals surface area contributed by atoms with Gasteiger partial charge in [0, 0.05) is 17.6 Å². The molecule has 22 heavy (non-hydrogen) atoms. The summed E-state index contributed by atoms with van der Waals surface area (Å²) in [6, 6.07) is 8.73. The van der Waals surface area contributed by atoms with Gasteiger partial charge in [0.1, 0.15) is 0 Å². The maximum absolute atomic E-state index is 9.01. The molecule has 0 heterocycles. The third kappa shape index (κ3) is 2.66. The van der Waals surface area contributed by atoms with E-state index < -0.39 is 0 Å². The summed E-state index contributed by atoms with van der Waals surface area (Å²) in [5, 5.41) is 11.3. The molecule has 0 atom stereocenters. The third-order valence-corrected chi connectivity index (χ3v) is 4.72. The summed E-state index contributed by atoms with van der Waals surface area (Å²) in [5.74, 6) is 2.33. The van der Waals surface area contributed by atoms with E-state index in [0.717, 1.165) is 29.7 Å². The van der Waals surface area contributed by atoms with Gasteiger partial charge in [-0.3, -0.25) is 0 Å². The van der Waals surface area contributed by atoms with Crippen molar-refractivity contribution in [2.75, 3.05) is 20.8 Å². The fraction of sp³-hybridized carbons (Fsp3) is 0.474. The SMILES string of the molecule is COc1c(C2CCC2)cc2ccc(CCCO)cc2c1OC. The van der Waals surface area contributed by atoms with Crippen LogP contribution in [-0.2, 0) is 6.42 Å². The van der Waals surface area contributed by atoms with Crippen molar-refractivity contribution in [1.82, 2.24) is 0 Å². The Morgan fingerprint density at radius 2 is 1.86 bits per heavy atom. The summed E-state index contributed by atoms with van der Waals surface area (Å²) in [6.45, 7) is 0.221. The van der Waals surface area contributed by atoms with Crippen LogP contribution in [0.4, 0.5) is 0 Å². The lowest BCUT2D eigenvalue weighted by atomic mass is 9.78. The average Bonchev–Trinajstić information content (AvgIpc) is 2.49. The largest absolute Gasteiger partial charge is 0.493 e. The number of methoxy groups -OCH3 is 2. The lowest BCUT2D eigenvalue weighted by Crippen LogP contribution is -2.11. The van der Waals surface area contributed by atoms with Crippen LogP contribution in [0.5, 0.6) is 11.5 Å². The minimum absolute atomic E-state index is 0.221. The quantitative estimate of drug-likeness (QED) is 0.874. The van der Waals surface area contributed by atoms with Gasteiger partial charge in [0.2, 0.25) is 0 Å². The van der Waals surface area contributed by atoms with Gasteiger partial charge in [-0.15, -0.1) is 0 Å². The lowest BCUT2D eigenvalue weighted by Gasteiger charge is -2.28. The summed E-state index contributed by atoms with van der Waals surface area (Å²) in [7, 11) is 3.43. The van der Waals surface area contributed by atoms with E-state index in [1.54, 1.807) is 14.2 Å². The van der Waals surface area contributed by atoms with E-state index in [1.165, 1.54) is 35.8 Å². The molecule has 0 aromatic heterocycles. The zero-order valence-corrected chi connectivity index (χ0v) is 13.4. The highest BCUT2D eigenvalue weighted by Crippen LogP contribution is 2.47. The van der Waals surface area contributed by atoms with Gasteiger partial charge in [-0.1, -0.05) is 18.6 Å². The van der Waals surface area contributed by atoms with Crippen molar-refractivity contribution in [2.45, 2.75) is 38.0 Å². The zero-order chi connectivity index (χ0) is 15.5. The fourth-order valence-electron chi connectivity index (χ4n) is 3.29. The van der Waals surface area contributed by atoms with Crippen molar-refractivity contribution in [3.63, 3.8) is 0 Å². The molecule has 3 heteroatoms. The Morgan fingerprint density at radius 3 is 2.45 bits per heavy atom. The first-order chi connectivity index (χ1) is 10.8. The molecule has 0 saturated heterocycles. The Kier molecular flexibility index (Phi) is 4.53. The molecule has 0 bridgehead atoms. The van der Waals surface area contributed by atoms with Gasteiger partial charge in [0.05, 0.1) is 14.2 Å². The molecular formula is C19H24O3. The minimum atomic E-state index is 0.221. The first-order valence-electron chi connectivity index (χ1n) is 8.07. The summed E-state index contributed by atoms with van der Waals surface area (Å²) in [5.41, 5.74) is 2.50. The van der Waals surface area contributed by atoms with Gasteiger partial charge in [0.25, 0.3) is 0 Å². The van der Waals surface area contributed by atoms with E-state index in [2.05, 4.69) is 24.3 Å². The summed E-state index contributed by atoms with van der Waals surface area (Å²) in [4.78, 5) is 0. The van der Waals surface area contributed by atoms with Crippen LogP contribution in [0.15, 0.2) is 24.3 Å². The Labute approximate surface area is 131 Å². The average molecular weight is 300 g/mol.